The van der Waals surface area contributed by atoms with Crippen LogP contribution in [-0.4, -0.2) is 81.9 Å². The number of sulfonamides is 1. The van der Waals surface area contributed by atoms with Crippen molar-refractivity contribution < 1.29 is 13.2 Å². The van der Waals surface area contributed by atoms with E-state index < -0.39 is 10.0 Å². The normalized spacial score (nSPS) is 28.2. The Balaban J connectivity index is 1.85. The monoisotopic (exact) mass is 291 g/mol. The van der Waals surface area contributed by atoms with Gasteiger partial charge >= 0.3 is 0 Å². The molecule has 0 aromatic carbocycles. The van der Waals surface area contributed by atoms with Crippen molar-refractivity contribution in [1.29, 1.82) is 0 Å². The zero-order valence-electron chi connectivity index (χ0n) is 11.7. The highest BCUT2D eigenvalue weighted by atomic mass is 32.2. The van der Waals surface area contributed by atoms with Crippen LogP contribution >= 0.6 is 0 Å². The van der Waals surface area contributed by atoms with Gasteiger partial charge in [0, 0.05) is 52.4 Å². The molecule has 2 aliphatic heterocycles. The van der Waals surface area contributed by atoms with Crippen molar-refractivity contribution in [2.75, 3.05) is 58.2 Å². The summed E-state index contributed by atoms with van der Waals surface area (Å²) in [5.41, 5.74) is 0. The number of hydrogen-bond donors (Lipinski definition) is 1. The zero-order chi connectivity index (χ0) is 13.7. The van der Waals surface area contributed by atoms with Crippen molar-refractivity contribution in [3.63, 3.8) is 0 Å². The fourth-order valence-electron chi connectivity index (χ4n) is 2.52. The number of nitrogens with zero attached hydrogens (tertiary/aromatic N) is 2. The Morgan fingerprint density at radius 3 is 2.74 bits per heavy atom. The summed E-state index contributed by atoms with van der Waals surface area (Å²) in [5.74, 6) is 0.222. The summed E-state index contributed by atoms with van der Waals surface area (Å²) in [4.78, 5) is 2.21. The fourth-order valence-corrected chi connectivity index (χ4v) is 4.11. The minimum atomic E-state index is -3.15. The van der Waals surface area contributed by atoms with Gasteiger partial charge in [-0.2, -0.15) is 4.31 Å². The van der Waals surface area contributed by atoms with E-state index in [1.165, 1.54) is 0 Å². The van der Waals surface area contributed by atoms with Crippen LogP contribution in [0.25, 0.3) is 0 Å². The molecule has 0 amide bonds. The van der Waals surface area contributed by atoms with Gasteiger partial charge in [0.1, 0.15) is 0 Å². The predicted octanol–water partition coefficient (Wildman–Crippen LogP) is -0.668. The van der Waals surface area contributed by atoms with Crippen molar-refractivity contribution >= 4 is 10.0 Å². The van der Waals surface area contributed by atoms with E-state index in [0.29, 0.717) is 26.2 Å². The number of piperazine rings is 1. The van der Waals surface area contributed by atoms with E-state index in [0.717, 1.165) is 32.6 Å². The minimum absolute atomic E-state index is 0.00328. The first-order valence-corrected chi connectivity index (χ1v) is 8.71. The number of ether oxygens (including phenoxy) is 1. The maximum absolute atomic E-state index is 12.4. The van der Waals surface area contributed by atoms with Crippen LogP contribution in [0.3, 0.4) is 0 Å². The second kappa shape index (κ2) is 6.99. The molecule has 0 aromatic rings. The van der Waals surface area contributed by atoms with Crippen molar-refractivity contribution in [1.82, 2.24) is 14.5 Å². The summed E-state index contributed by atoms with van der Waals surface area (Å²) in [7, 11) is -3.15. The lowest BCUT2D eigenvalue weighted by Gasteiger charge is -2.28. The lowest BCUT2D eigenvalue weighted by atomic mass is 10.4. The molecule has 0 aliphatic carbocycles. The van der Waals surface area contributed by atoms with Crippen LogP contribution in [0.4, 0.5) is 0 Å². The number of rotatable bonds is 4. The van der Waals surface area contributed by atoms with Gasteiger partial charge < -0.3 is 10.1 Å². The van der Waals surface area contributed by atoms with Gasteiger partial charge in [-0.1, -0.05) is 0 Å². The van der Waals surface area contributed by atoms with E-state index in [2.05, 4.69) is 10.2 Å². The summed E-state index contributed by atoms with van der Waals surface area (Å²) in [6.07, 6.45) is 0.786. The van der Waals surface area contributed by atoms with E-state index in [1.54, 1.807) is 4.31 Å². The molecule has 0 spiro atoms. The topological polar surface area (TPSA) is 61.9 Å². The zero-order valence-corrected chi connectivity index (χ0v) is 12.5. The van der Waals surface area contributed by atoms with Gasteiger partial charge in [0.05, 0.1) is 11.9 Å². The average molecular weight is 291 g/mol. The van der Waals surface area contributed by atoms with Crippen LogP contribution in [0.5, 0.6) is 0 Å². The third-order valence-electron chi connectivity index (χ3n) is 3.68. The average Bonchev–Trinajstić information content (AvgIpc) is 2.63. The Bertz CT molecular complexity index is 368. The molecule has 2 rings (SSSR count). The van der Waals surface area contributed by atoms with E-state index >= 15 is 0 Å². The van der Waals surface area contributed by atoms with Gasteiger partial charge in [-0.3, -0.25) is 4.90 Å². The quantitative estimate of drug-likeness (QED) is 0.744. The molecule has 19 heavy (non-hydrogen) atoms. The lowest BCUT2D eigenvalue weighted by Crippen LogP contribution is -2.46. The molecule has 1 atom stereocenters. The summed E-state index contributed by atoms with van der Waals surface area (Å²) in [5, 5.41) is 3.27. The first-order chi connectivity index (χ1) is 9.08. The Morgan fingerprint density at radius 2 is 2.00 bits per heavy atom. The van der Waals surface area contributed by atoms with E-state index in [9.17, 15) is 8.42 Å². The van der Waals surface area contributed by atoms with Gasteiger partial charge in [0.15, 0.2) is 0 Å². The molecule has 1 unspecified atom stereocenters. The molecule has 2 fully saturated rings. The van der Waals surface area contributed by atoms with Gasteiger partial charge in [-0.25, -0.2) is 8.42 Å². The van der Waals surface area contributed by atoms with Gasteiger partial charge in [0.25, 0.3) is 0 Å². The molecule has 112 valence electrons. The second-order valence-corrected chi connectivity index (χ2v) is 7.39. The second-order valence-electron chi connectivity index (χ2n) is 5.30. The highest BCUT2D eigenvalue weighted by molar-refractivity contribution is 7.89. The molecule has 2 saturated heterocycles. The smallest absolute Gasteiger partial charge is 0.215 e. The first-order valence-electron chi connectivity index (χ1n) is 7.10. The number of nitrogens with one attached hydrogen (secondary N) is 1. The molecule has 7 heteroatoms. The van der Waals surface area contributed by atoms with Crippen molar-refractivity contribution in [2.24, 2.45) is 0 Å². The lowest BCUT2D eigenvalue weighted by molar-refractivity contribution is 0.0751. The SMILES string of the molecule is CC1CN(S(=O)(=O)CCN2CCNCC2)CCCO1. The van der Waals surface area contributed by atoms with Crippen LogP contribution in [-0.2, 0) is 14.8 Å². The van der Waals surface area contributed by atoms with Crippen molar-refractivity contribution in [3.8, 4) is 0 Å². The highest BCUT2D eigenvalue weighted by Gasteiger charge is 2.26. The van der Waals surface area contributed by atoms with Crippen LogP contribution in [0.1, 0.15) is 13.3 Å². The third-order valence-corrected chi connectivity index (χ3v) is 5.50. The van der Waals surface area contributed by atoms with Crippen LogP contribution < -0.4 is 5.32 Å². The summed E-state index contributed by atoms with van der Waals surface area (Å²) >= 11 is 0. The minimum Gasteiger partial charge on any atom is -0.377 e. The number of hydrogen-bond acceptors (Lipinski definition) is 5. The van der Waals surface area contributed by atoms with Crippen LogP contribution in [0.15, 0.2) is 0 Å². The maximum atomic E-state index is 12.4. The largest absolute Gasteiger partial charge is 0.377 e. The Kier molecular flexibility index (Phi) is 5.58. The standard InChI is InChI=1S/C12H25N3O3S/c1-12-11-15(5-2-9-18-12)19(16,17)10-8-14-6-3-13-4-7-14/h12-13H,2-11H2,1H3. The summed E-state index contributed by atoms with van der Waals surface area (Å²) in [6, 6.07) is 0. The summed E-state index contributed by atoms with van der Waals surface area (Å²) < 4.78 is 31.8. The first kappa shape index (κ1) is 15.2. The van der Waals surface area contributed by atoms with Crippen LogP contribution in [0.2, 0.25) is 0 Å². The molecular formula is C12H25N3O3S. The highest BCUT2D eigenvalue weighted by Crippen LogP contribution is 2.11. The fraction of sp³-hybridized carbons (Fsp3) is 1.00. The molecule has 2 aliphatic rings. The van der Waals surface area contributed by atoms with Gasteiger partial charge in [0.2, 0.25) is 10.0 Å². The van der Waals surface area contributed by atoms with E-state index in [-0.39, 0.29) is 11.9 Å². The van der Waals surface area contributed by atoms with Crippen molar-refractivity contribution in [3.05, 3.63) is 0 Å². The molecule has 6 nitrogen and oxygen atoms in total. The third kappa shape index (κ3) is 4.68. The van der Waals surface area contributed by atoms with E-state index in [4.69, 9.17) is 4.74 Å². The van der Waals surface area contributed by atoms with Gasteiger partial charge in [-0.05, 0) is 13.3 Å². The maximum Gasteiger partial charge on any atom is 0.215 e. The molecular weight excluding hydrogens is 266 g/mol. The molecule has 0 bridgehead atoms. The van der Waals surface area contributed by atoms with Crippen LogP contribution in [0, 0.1) is 0 Å². The molecule has 2 heterocycles. The van der Waals surface area contributed by atoms with E-state index in [1.807, 2.05) is 6.92 Å². The van der Waals surface area contributed by atoms with Crippen molar-refractivity contribution in [2.45, 2.75) is 19.4 Å². The van der Waals surface area contributed by atoms with Gasteiger partial charge in [-0.15, -0.1) is 0 Å². The molecule has 0 saturated carbocycles. The Hall–Kier alpha value is -0.210. The molecule has 0 radical (unpaired) electrons. The molecule has 1 N–H and O–H groups in total. The molecule has 0 aromatic heterocycles. The predicted molar refractivity (Wildman–Crippen MR) is 74.7 cm³/mol. The Morgan fingerprint density at radius 1 is 1.26 bits per heavy atom. The Labute approximate surface area is 116 Å². The summed E-state index contributed by atoms with van der Waals surface area (Å²) in [6.45, 7) is 8.09.